The minimum atomic E-state index is -0.156. The van der Waals surface area contributed by atoms with Gasteiger partial charge >= 0.3 is 0 Å². The van der Waals surface area contributed by atoms with Crippen LogP contribution >= 0.6 is 0 Å². The maximum absolute atomic E-state index is 12.6. The first kappa shape index (κ1) is 19.3. The molecule has 0 unspecified atom stereocenters. The van der Waals surface area contributed by atoms with Gasteiger partial charge in [-0.2, -0.15) is 0 Å². The van der Waals surface area contributed by atoms with Crippen LogP contribution in [-0.4, -0.2) is 25.4 Å². The van der Waals surface area contributed by atoms with E-state index >= 15 is 0 Å². The minimum absolute atomic E-state index is 0.156. The molecule has 30 heavy (non-hydrogen) atoms. The molecule has 4 aromatic rings. The monoisotopic (exact) mass is 398 g/mol. The highest BCUT2D eigenvalue weighted by atomic mass is 16.1. The van der Waals surface area contributed by atoms with Gasteiger partial charge in [0.15, 0.2) is 0 Å². The van der Waals surface area contributed by atoms with Crippen LogP contribution in [0.3, 0.4) is 0 Å². The zero-order chi connectivity index (χ0) is 20.8. The number of carbonyl (C=O) groups excluding carboxylic acids is 1. The fourth-order valence-electron chi connectivity index (χ4n) is 3.06. The molecule has 0 aliphatic rings. The lowest BCUT2D eigenvalue weighted by atomic mass is 10.2. The number of aryl methyl sites for hydroxylation is 1. The van der Waals surface area contributed by atoms with Crippen LogP contribution < -0.4 is 10.6 Å². The Morgan fingerprint density at radius 3 is 2.43 bits per heavy atom. The van der Waals surface area contributed by atoms with Crippen LogP contribution in [0.15, 0.2) is 79.4 Å². The zero-order valence-electron chi connectivity index (χ0n) is 16.6. The van der Waals surface area contributed by atoms with Gasteiger partial charge in [0, 0.05) is 49.5 Å². The maximum atomic E-state index is 12.6. The zero-order valence-corrected chi connectivity index (χ0v) is 16.6. The van der Waals surface area contributed by atoms with Gasteiger partial charge in [0.2, 0.25) is 5.95 Å². The molecule has 0 fully saturated rings. The van der Waals surface area contributed by atoms with Crippen molar-refractivity contribution in [1.29, 1.82) is 0 Å². The Kier molecular flexibility index (Phi) is 5.80. The van der Waals surface area contributed by atoms with Gasteiger partial charge in [-0.05, 0) is 23.8 Å². The van der Waals surface area contributed by atoms with Gasteiger partial charge in [0.25, 0.3) is 5.91 Å². The number of anilines is 1. The van der Waals surface area contributed by atoms with Crippen LogP contribution in [0.5, 0.6) is 0 Å². The molecule has 1 amide bonds. The van der Waals surface area contributed by atoms with Crippen molar-refractivity contribution < 1.29 is 4.79 Å². The molecule has 0 spiro atoms. The quantitative estimate of drug-likeness (QED) is 0.498. The Bertz CT molecular complexity index is 1110. The highest BCUT2D eigenvalue weighted by molar-refractivity contribution is 5.94. The number of aromatic nitrogens is 4. The van der Waals surface area contributed by atoms with Gasteiger partial charge in [-0.15, -0.1) is 0 Å². The Labute approximate surface area is 174 Å². The van der Waals surface area contributed by atoms with E-state index in [0.717, 1.165) is 22.4 Å². The predicted octanol–water partition coefficient (Wildman–Crippen LogP) is 3.42. The van der Waals surface area contributed by atoms with Crippen LogP contribution in [0.2, 0.25) is 0 Å². The molecule has 7 heteroatoms. The van der Waals surface area contributed by atoms with E-state index in [1.54, 1.807) is 23.2 Å². The van der Waals surface area contributed by atoms with Crippen LogP contribution in [0.4, 0.5) is 5.95 Å². The number of rotatable bonds is 7. The van der Waals surface area contributed by atoms with Gasteiger partial charge < -0.3 is 15.2 Å². The highest BCUT2D eigenvalue weighted by Gasteiger charge is 2.13. The topological polar surface area (TPSA) is 84.7 Å². The first-order chi connectivity index (χ1) is 14.7. The molecule has 4 rings (SSSR count). The minimum Gasteiger partial charge on any atom is -0.350 e. The molecule has 0 saturated carbocycles. The van der Waals surface area contributed by atoms with E-state index in [0.29, 0.717) is 24.7 Å². The lowest BCUT2D eigenvalue weighted by Gasteiger charge is -2.05. The number of nitrogens with zero attached hydrogens (tertiary/aromatic N) is 4. The van der Waals surface area contributed by atoms with Crippen molar-refractivity contribution >= 4 is 11.9 Å². The molecule has 0 aliphatic heterocycles. The van der Waals surface area contributed by atoms with Crippen molar-refractivity contribution in [3.8, 4) is 11.1 Å². The molecule has 3 aromatic heterocycles. The van der Waals surface area contributed by atoms with Crippen molar-refractivity contribution in [3.05, 3.63) is 96.3 Å². The van der Waals surface area contributed by atoms with Gasteiger partial charge in [0.05, 0.1) is 12.2 Å². The summed E-state index contributed by atoms with van der Waals surface area (Å²) >= 11 is 0. The van der Waals surface area contributed by atoms with E-state index < -0.39 is 0 Å². The predicted molar refractivity (Wildman–Crippen MR) is 116 cm³/mol. The van der Waals surface area contributed by atoms with Gasteiger partial charge in [0.1, 0.15) is 5.69 Å². The summed E-state index contributed by atoms with van der Waals surface area (Å²) in [4.78, 5) is 25.6. The smallest absolute Gasteiger partial charge is 0.268 e. The third kappa shape index (κ3) is 4.70. The molecular formula is C23H22N6O. The number of hydrogen-bond acceptors (Lipinski definition) is 5. The van der Waals surface area contributed by atoms with Crippen molar-refractivity contribution in [1.82, 2.24) is 24.8 Å². The summed E-state index contributed by atoms with van der Waals surface area (Å²) in [6, 6.07) is 17.5. The summed E-state index contributed by atoms with van der Waals surface area (Å²) < 4.78 is 1.80. The van der Waals surface area contributed by atoms with Crippen molar-refractivity contribution in [2.24, 2.45) is 7.05 Å². The van der Waals surface area contributed by atoms with E-state index in [1.165, 1.54) is 0 Å². The number of carbonyl (C=O) groups is 1. The number of nitrogens with one attached hydrogen (secondary N) is 2. The second-order valence-electron chi connectivity index (χ2n) is 6.86. The van der Waals surface area contributed by atoms with Crippen molar-refractivity contribution in [3.63, 3.8) is 0 Å². The van der Waals surface area contributed by atoms with E-state index in [1.807, 2.05) is 67.8 Å². The van der Waals surface area contributed by atoms with Crippen LogP contribution in [-0.2, 0) is 20.1 Å². The summed E-state index contributed by atoms with van der Waals surface area (Å²) in [6.07, 6.45) is 7.11. The van der Waals surface area contributed by atoms with Crippen molar-refractivity contribution in [2.45, 2.75) is 13.1 Å². The number of amides is 1. The molecule has 0 bridgehead atoms. The molecule has 0 saturated heterocycles. The van der Waals surface area contributed by atoms with Gasteiger partial charge in [-0.3, -0.25) is 9.78 Å². The highest BCUT2D eigenvalue weighted by Crippen LogP contribution is 2.21. The second kappa shape index (κ2) is 9.00. The largest absolute Gasteiger partial charge is 0.350 e. The van der Waals surface area contributed by atoms with Gasteiger partial charge in [-0.25, -0.2) is 9.97 Å². The van der Waals surface area contributed by atoms with Crippen LogP contribution in [0, 0.1) is 0 Å². The third-order valence-corrected chi connectivity index (χ3v) is 4.67. The van der Waals surface area contributed by atoms with E-state index in [-0.39, 0.29) is 5.91 Å². The SMILES string of the molecule is Cn1cc(-c2cnc(NCc3ccccc3)nc2)cc1C(=O)NCc1ccccn1. The molecular weight excluding hydrogens is 376 g/mol. The third-order valence-electron chi connectivity index (χ3n) is 4.67. The number of hydrogen-bond donors (Lipinski definition) is 2. The molecule has 0 aliphatic carbocycles. The van der Waals surface area contributed by atoms with Crippen molar-refractivity contribution in [2.75, 3.05) is 5.32 Å². The Hall–Kier alpha value is -4.00. The number of benzene rings is 1. The molecule has 0 atom stereocenters. The van der Waals surface area contributed by atoms with E-state index in [9.17, 15) is 4.79 Å². The summed E-state index contributed by atoms with van der Waals surface area (Å²) in [7, 11) is 1.84. The van der Waals surface area contributed by atoms with Gasteiger partial charge in [-0.1, -0.05) is 36.4 Å². The standard InChI is InChI=1S/C23H22N6O/c1-29-16-18(11-21(29)22(30)25-15-20-9-5-6-10-24-20)19-13-27-23(28-14-19)26-12-17-7-3-2-4-8-17/h2-11,13-14,16H,12,15H2,1H3,(H,25,30)(H,26,27,28). The Balaban J connectivity index is 1.40. The Morgan fingerprint density at radius 1 is 0.933 bits per heavy atom. The molecule has 3 heterocycles. The molecule has 7 nitrogen and oxygen atoms in total. The molecule has 2 N–H and O–H groups in total. The Morgan fingerprint density at radius 2 is 1.70 bits per heavy atom. The first-order valence-corrected chi connectivity index (χ1v) is 9.64. The fraction of sp³-hybridized carbons (Fsp3) is 0.130. The normalized spacial score (nSPS) is 10.6. The summed E-state index contributed by atoms with van der Waals surface area (Å²) in [5, 5.41) is 6.11. The lowest BCUT2D eigenvalue weighted by Crippen LogP contribution is -2.25. The van der Waals surface area contributed by atoms with E-state index in [2.05, 4.69) is 25.6 Å². The van der Waals surface area contributed by atoms with Crippen LogP contribution in [0.1, 0.15) is 21.7 Å². The fourth-order valence-corrected chi connectivity index (χ4v) is 3.06. The molecule has 0 radical (unpaired) electrons. The molecule has 1 aromatic carbocycles. The lowest BCUT2D eigenvalue weighted by molar-refractivity contribution is 0.0942. The average molecular weight is 398 g/mol. The molecule has 150 valence electrons. The maximum Gasteiger partial charge on any atom is 0.268 e. The second-order valence-corrected chi connectivity index (χ2v) is 6.86. The van der Waals surface area contributed by atoms with E-state index in [4.69, 9.17) is 0 Å². The average Bonchev–Trinajstić information content (AvgIpc) is 3.19. The van der Waals surface area contributed by atoms with Crippen LogP contribution in [0.25, 0.3) is 11.1 Å². The first-order valence-electron chi connectivity index (χ1n) is 9.64. The summed E-state index contributed by atoms with van der Waals surface area (Å²) in [6.45, 7) is 1.04. The number of pyridine rings is 1. The summed E-state index contributed by atoms with van der Waals surface area (Å²) in [5.41, 5.74) is 4.27. The summed E-state index contributed by atoms with van der Waals surface area (Å²) in [5.74, 6) is 0.406.